The average molecular weight is 394 g/mol. The molecule has 1 fully saturated rings. The van der Waals surface area contributed by atoms with Gasteiger partial charge in [0.25, 0.3) is 5.89 Å². The molecule has 0 N–H and O–H groups in total. The summed E-state index contributed by atoms with van der Waals surface area (Å²) < 4.78 is 11.2. The molecule has 0 unspecified atom stereocenters. The highest BCUT2D eigenvalue weighted by molar-refractivity contribution is 5.83. The first-order chi connectivity index (χ1) is 14.3. The van der Waals surface area contributed by atoms with Gasteiger partial charge in [0.1, 0.15) is 6.04 Å². The van der Waals surface area contributed by atoms with Crippen LogP contribution in [0.3, 0.4) is 0 Å². The lowest BCUT2D eigenvalue weighted by atomic mass is 10.0. The summed E-state index contributed by atoms with van der Waals surface area (Å²) in [6, 6.07) is 13.2. The van der Waals surface area contributed by atoms with Crippen molar-refractivity contribution in [1.29, 1.82) is 0 Å². The van der Waals surface area contributed by atoms with Gasteiger partial charge in [0.2, 0.25) is 11.8 Å². The van der Waals surface area contributed by atoms with Crippen molar-refractivity contribution >= 4 is 5.91 Å². The van der Waals surface area contributed by atoms with E-state index in [4.69, 9.17) is 8.83 Å². The van der Waals surface area contributed by atoms with Gasteiger partial charge >= 0.3 is 0 Å². The fourth-order valence-corrected chi connectivity index (χ4v) is 3.83. The van der Waals surface area contributed by atoms with Crippen LogP contribution < -0.4 is 0 Å². The van der Waals surface area contributed by atoms with Gasteiger partial charge in [0.05, 0.1) is 12.8 Å². The molecule has 1 aliphatic heterocycles. The number of hydrogen-bond acceptors (Lipinski definition) is 6. The van der Waals surface area contributed by atoms with E-state index >= 15 is 0 Å². The van der Waals surface area contributed by atoms with Gasteiger partial charge in [0.15, 0.2) is 5.76 Å². The predicted molar refractivity (Wildman–Crippen MR) is 108 cm³/mol. The van der Waals surface area contributed by atoms with E-state index in [0.29, 0.717) is 24.1 Å². The third kappa shape index (κ3) is 4.40. The van der Waals surface area contributed by atoms with E-state index in [0.717, 1.165) is 44.5 Å². The number of carbonyl (C=O) groups is 1. The normalized spacial score (nSPS) is 15.2. The standard InChI is InChI=1S/C22H26N4O3/c1-2-12-26(16-19-23-24-21(29-19)18-11-8-15-28-18)20(17-9-4-3-5-10-17)22(27)25-13-6-7-14-25/h3-5,8-11,15,20H,2,6-7,12-14,16H2,1H3/t20-/m1/s1. The van der Waals surface area contributed by atoms with Crippen molar-refractivity contribution in [2.75, 3.05) is 19.6 Å². The molecule has 1 saturated heterocycles. The van der Waals surface area contributed by atoms with E-state index in [9.17, 15) is 4.79 Å². The van der Waals surface area contributed by atoms with Crippen molar-refractivity contribution in [3.63, 3.8) is 0 Å². The molecule has 4 rings (SSSR count). The Morgan fingerprint density at radius 3 is 2.62 bits per heavy atom. The molecule has 0 spiro atoms. The summed E-state index contributed by atoms with van der Waals surface area (Å²) in [6.07, 6.45) is 4.62. The second-order valence-corrected chi connectivity index (χ2v) is 7.29. The molecule has 0 saturated carbocycles. The molecule has 7 nitrogen and oxygen atoms in total. The molecule has 0 radical (unpaired) electrons. The molecule has 1 amide bonds. The van der Waals surface area contributed by atoms with Crippen LogP contribution in [0.2, 0.25) is 0 Å². The summed E-state index contributed by atoms with van der Waals surface area (Å²) in [7, 11) is 0. The highest BCUT2D eigenvalue weighted by atomic mass is 16.4. The Labute approximate surface area is 170 Å². The highest BCUT2D eigenvalue weighted by Crippen LogP contribution is 2.28. The number of benzene rings is 1. The molecule has 1 atom stereocenters. The summed E-state index contributed by atoms with van der Waals surface area (Å²) in [5.74, 6) is 1.51. The predicted octanol–water partition coefficient (Wildman–Crippen LogP) is 3.91. The van der Waals surface area contributed by atoms with Crippen molar-refractivity contribution in [2.45, 2.75) is 38.8 Å². The van der Waals surface area contributed by atoms with Crippen LogP contribution in [0, 0.1) is 0 Å². The molecule has 29 heavy (non-hydrogen) atoms. The number of hydrogen-bond donors (Lipinski definition) is 0. The topological polar surface area (TPSA) is 75.6 Å². The van der Waals surface area contributed by atoms with Crippen LogP contribution >= 0.6 is 0 Å². The van der Waals surface area contributed by atoms with Crippen molar-refractivity contribution in [1.82, 2.24) is 20.0 Å². The number of amides is 1. The van der Waals surface area contributed by atoms with Gasteiger partial charge in [-0.25, -0.2) is 0 Å². The molecular formula is C22H26N4O3. The van der Waals surface area contributed by atoms with Crippen molar-refractivity contribution in [3.8, 4) is 11.7 Å². The van der Waals surface area contributed by atoms with Gasteiger partial charge in [-0.15, -0.1) is 10.2 Å². The monoisotopic (exact) mass is 394 g/mol. The molecule has 152 valence electrons. The number of rotatable bonds is 8. The number of carbonyl (C=O) groups excluding carboxylic acids is 1. The number of likely N-dealkylation sites (tertiary alicyclic amines) is 1. The summed E-state index contributed by atoms with van der Waals surface area (Å²) in [5, 5.41) is 8.28. The third-order valence-corrected chi connectivity index (χ3v) is 5.18. The van der Waals surface area contributed by atoms with Crippen LogP contribution in [-0.2, 0) is 11.3 Å². The van der Waals surface area contributed by atoms with E-state index in [1.54, 1.807) is 18.4 Å². The molecular weight excluding hydrogens is 368 g/mol. The van der Waals surface area contributed by atoms with E-state index < -0.39 is 0 Å². The lowest BCUT2D eigenvalue weighted by Gasteiger charge is -2.32. The summed E-state index contributed by atoms with van der Waals surface area (Å²) in [6.45, 7) is 4.91. The van der Waals surface area contributed by atoms with Gasteiger partial charge in [-0.2, -0.15) is 0 Å². The molecule has 1 aromatic carbocycles. The van der Waals surface area contributed by atoms with E-state index in [-0.39, 0.29) is 11.9 Å². The smallest absolute Gasteiger partial charge is 0.283 e. The quantitative estimate of drug-likeness (QED) is 0.577. The van der Waals surface area contributed by atoms with Crippen LogP contribution in [0.4, 0.5) is 0 Å². The zero-order valence-electron chi connectivity index (χ0n) is 16.7. The molecule has 2 aromatic heterocycles. The van der Waals surface area contributed by atoms with Crippen LogP contribution in [0.1, 0.15) is 43.7 Å². The van der Waals surface area contributed by atoms with E-state index in [2.05, 4.69) is 22.0 Å². The third-order valence-electron chi connectivity index (χ3n) is 5.18. The molecule has 1 aliphatic rings. The van der Waals surface area contributed by atoms with Crippen molar-refractivity contribution < 1.29 is 13.6 Å². The van der Waals surface area contributed by atoms with Crippen LogP contribution in [0.15, 0.2) is 57.6 Å². The molecule has 3 heterocycles. The summed E-state index contributed by atoms with van der Waals surface area (Å²) in [5.41, 5.74) is 0.989. The van der Waals surface area contributed by atoms with E-state index in [1.165, 1.54) is 0 Å². The largest absolute Gasteiger partial charge is 0.459 e. The van der Waals surface area contributed by atoms with E-state index in [1.807, 2.05) is 35.2 Å². The first-order valence-corrected chi connectivity index (χ1v) is 10.2. The number of aromatic nitrogens is 2. The maximum absolute atomic E-state index is 13.4. The fourth-order valence-electron chi connectivity index (χ4n) is 3.83. The fraction of sp³-hybridized carbons (Fsp3) is 0.409. The molecule has 7 heteroatoms. The minimum Gasteiger partial charge on any atom is -0.459 e. The van der Waals surface area contributed by atoms with Crippen LogP contribution in [0.25, 0.3) is 11.7 Å². The van der Waals surface area contributed by atoms with Gasteiger partial charge < -0.3 is 13.7 Å². The Hall–Kier alpha value is -2.93. The van der Waals surface area contributed by atoms with Gasteiger partial charge in [-0.1, -0.05) is 37.3 Å². The minimum absolute atomic E-state index is 0.146. The second kappa shape index (κ2) is 9.05. The number of furan rings is 1. The van der Waals surface area contributed by atoms with Crippen molar-refractivity contribution in [2.24, 2.45) is 0 Å². The second-order valence-electron chi connectivity index (χ2n) is 7.29. The van der Waals surface area contributed by atoms with Crippen LogP contribution in [0.5, 0.6) is 0 Å². The summed E-state index contributed by atoms with van der Waals surface area (Å²) >= 11 is 0. The Morgan fingerprint density at radius 1 is 1.14 bits per heavy atom. The maximum atomic E-state index is 13.4. The maximum Gasteiger partial charge on any atom is 0.283 e. The Morgan fingerprint density at radius 2 is 1.93 bits per heavy atom. The van der Waals surface area contributed by atoms with Gasteiger partial charge in [-0.05, 0) is 43.5 Å². The minimum atomic E-state index is -0.367. The van der Waals surface area contributed by atoms with Crippen LogP contribution in [-0.4, -0.2) is 45.5 Å². The summed E-state index contributed by atoms with van der Waals surface area (Å²) in [4.78, 5) is 17.6. The Bertz CT molecular complexity index is 901. The first-order valence-electron chi connectivity index (χ1n) is 10.2. The first kappa shape index (κ1) is 19.4. The zero-order valence-corrected chi connectivity index (χ0v) is 16.7. The van der Waals surface area contributed by atoms with Gasteiger partial charge in [0, 0.05) is 13.1 Å². The Kier molecular flexibility index (Phi) is 6.05. The molecule has 0 bridgehead atoms. The molecule has 0 aliphatic carbocycles. The average Bonchev–Trinajstić information content (AvgIpc) is 3.50. The van der Waals surface area contributed by atoms with Crippen molar-refractivity contribution in [3.05, 3.63) is 60.2 Å². The lowest BCUT2D eigenvalue weighted by Crippen LogP contribution is -2.42. The lowest BCUT2D eigenvalue weighted by molar-refractivity contribution is -0.136. The molecule has 3 aromatic rings. The highest BCUT2D eigenvalue weighted by Gasteiger charge is 2.33. The Balaban J connectivity index is 1.61. The number of nitrogens with zero attached hydrogens (tertiary/aromatic N) is 4. The SMILES string of the molecule is CCCN(Cc1nnc(-c2ccco2)o1)[C@@H](C(=O)N1CCCC1)c1ccccc1. The van der Waals surface area contributed by atoms with Gasteiger partial charge in [-0.3, -0.25) is 9.69 Å². The zero-order chi connectivity index (χ0) is 20.1.